The van der Waals surface area contributed by atoms with E-state index >= 15 is 0 Å². The standard InChI is InChI=1S/C18H25Cl2NO/c1-17(22-2)6-8-18(9-7-17,14-5-10-21-12-14)13-3-4-15(19)16(20)11-13/h3-4,11,14,21H,5-10,12H2,1-2H3. The maximum Gasteiger partial charge on any atom is 0.0651 e. The molecule has 1 saturated heterocycles. The van der Waals surface area contributed by atoms with Crippen LogP contribution in [0.2, 0.25) is 10.0 Å². The molecule has 1 aliphatic carbocycles. The van der Waals surface area contributed by atoms with Crippen molar-refractivity contribution in [2.75, 3.05) is 20.2 Å². The molecule has 1 N–H and O–H groups in total. The second-order valence-electron chi connectivity index (χ2n) is 7.13. The van der Waals surface area contributed by atoms with E-state index in [1.807, 2.05) is 13.2 Å². The Morgan fingerprint density at radius 1 is 1.14 bits per heavy atom. The van der Waals surface area contributed by atoms with Gasteiger partial charge in [-0.25, -0.2) is 0 Å². The summed E-state index contributed by atoms with van der Waals surface area (Å²) in [5.74, 6) is 0.672. The number of halogens is 2. The first-order valence-electron chi connectivity index (χ1n) is 8.20. The quantitative estimate of drug-likeness (QED) is 0.850. The predicted octanol–water partition coefficient (Wildman–Crippen LogP) is 4.82. The Balaban J connectivity index is 1.95. The van der Waals surface area contributed by atoms with E-state index in [2.05, 4.69) is 24.4 Å². The van der Waals surface area contributed by atoms with Crippen LogP contribution in [0.25, 0.3) is 0 Å². The zero-order valence-corrected chi connectivity index (χ0v) is 14.9. The van der Waals surface area contributed by atoms with Crippen LogP contribution >= 0.6 is 23.2 Å². The fourth-order valence-electron chi connectivity index (χ4n) is 4.29. The topological polar surface area (TPSA) is 21.3 Å². The Bertz CT molecular complexity index is 532. The molecule has 3 rings (SSSR count). The van der Waals surface area contributed by atoms with Crippen molar-refractivity contribution in [3.63, 3.8) is 0 Å². The lowest BCUT2D eigenvalue weighted by Gasteiger charge is -2.48. The summed E-state index contributed by atoms with van der Waals surface area (Å²) < 4.78 is 5.75. The van der Waals surface area contributed by atoms with Gasteiger partial charge in [-0.05, 0) is 81.1 Å². The number of benzene rings is 1. The van der Waals surface area contributed by atoms with Crippen LogP contribution in [0.15, 0.2) is 18.2 Å². The van der Waals surface area contributed by atoms with E-state index in [-0.39, 0.29) is 11.0 Å². The second-order valence-corrected chi connectivity index (χ2v) is 7.94. The molecule has 1 saturated carbocycles. The molecule has 1 heterocycles. The average Bonchev–Trinajstić information content (AvgIpc) is 3.06. The summed E-state index contributed by atoms with van der Waals surface area (Å²) in [6, 6.07) is 6.23. The molecule has 0 amide bonds. The first-order valence-corrected chi connectivity index (χ1v) is 8.96. The monoisotopic (exact) mass is 341 g/mol. The van der Waals surface area contributed by atoms with Crippen LogP contribution in [0, 0.1) is 5.92 Å². The highest BCUT2D eigenvalue weighted by molar-refractivity contribution is 6.42. The Labute approximate surface area is 143 Å². The van der Waals surface area contributed by atoms with Crippen LogP contribution in [0.3, 0.4) is 0 Å². The van der Waals surface area contributed by atoms with E-state index in [1.54, 1.807) is 0 Å². The minimum absolute atomic E-state index is 0.0196. The largest absolute Gasteiger partial charge is 0.379 e. The average molecular weight is 342 g/mol. The SMILES string of the molecule is COC1(C)CCC(c2ccc(Cl)c(Cl)c2)(C2CCNC2)CC1. The lowest BCUT2D eigenvalue weighted by molar-refractivity contribution is -0.0466. The zero-order valence-electron chi connectivity index (χ0n) is 13.4. The molecule has 22 heavy (non-hydrogen) atoms. The third-order valence-corrected chi connectivity index (χ3v) is 6.77. The van der Waals surface area contributed by atoms with Crippen LogP contribution in [0.4, 0.5) is 0 Å². The van der Waals surface area contributed by atoms with Crippen molar-refractivity contribution in [2.45, 2.75) is 50.0 Å². The van der Waals surface area contributed by atoms with E-state index in [4.69, 9.17) is 27.9 Å². The van der Waals surface area contributed by atoms with Crippen LogP contribution in [-0.4, -0.2) is 25.8 Å². The Kier molecular flexibility index (Phi) is 4.76. The van der Waals surface area contributed by atoms with Crippen molar-refractivity contribution >= 4 is 23.2 Å². The molecule has 4 heteroatoms. The lowest BCUT2D eigenvalue weighted by Crippen LogP contribution is -2.45. The molecule has 0 aromatic heterocycles. The van der Waals surface area contributed by atoms with E-state index in [0.717, 1.165) is 38.8 Å². The minimum Gasteiger partial charge on any atom is -0.379 e. The van der Waals surface area contributed by atoms with Crippen molar-refractivity contribution < 1.29 is 4.74 Å². The molecule has 0 radical (unpaired) electrons. The minimum atomic E-state index is 0.0196. The Hall–Kier alpha value is -0.280. The van der Waals surface area contributed by atoms with Gasteiger partial charge in [0, 0.05) is 7.11 Å². The van der Waals surface area contributed by atoms with Crippen LogP contribution < -0.4 is 5.32 Å². The van der Waals surface area contributed by atoms with Gasteiger partial charge in [0.05, 0.1) is 15.6 Å². The zero-order chi connectivity index (χ0) is 15.8. The Morgan fingerprint density at radius 2 is 1.86 bits per heavy atom. The molecule has 1 aliphatic heterocycles. The molecule has 0 spiro atoms. The molecule has 1 unspecified atom stereocenters. The van der Waals surface area contributed by atoms with Gasteiger partial charge in [-0.1, -0.05) is 29.3 Å². The van der Waals surface area contributed by atoms with Crippen molar-refractivity contribution in [2.24, 2.45) is 5.92 Å². The van der Waals surface area contributed by atoms with Crippen molar-refractivity contribution in [1.29, 1.82) is 0 Å². The molecule has 1 atom stereocenters. The summed E-state index contributed by atoms with van der Waals surface area (Å²) >= 11 is 12.4. The highest BCUT2D eigenvalue weighted by Gasteiger charge is 2.47. The van der Waals surface area contributed by atoms with Gasteiger partial charge in [0.15, 0.2) is 0 Å². The van der Waals surface area contributed by atoms with Gasteiger partial charge >= 0.3 is 0 Å². The van der Waals surface area contributed by atoms with E-state index in [1.165, 1.54) is 12.0 Å². The lowest BCUT2D eigenvalue weighted by atomic mass is 9.59. The molecule has 2 aliphatic rings. The third kappa shape index (κ3) is 2.91. The fraction of sp³-hybridized carbons (Fsp3) is 0.667. The molecular formula is C18H25Cl2NO. The van der Waals surface area contributed by atoms with Gasteiger partial charge in [0.25, 0.3) is 0 Å². The third-order valence-electron chi connectivity index (χ3n) is 6.03. The maximum absolute atomic E-state index is 6.31. The van der Waals surface area contributed by atoms with Gasteiger partial charge in [0.1, 0.15) is 0 Å². The summed E-state index contributed by atoms with van der Waals surface area (Å²) in [5.41, 5.74) is 1.58. The molecule has 0 bridgehead atoms. The van der Waals surface area contributed by atoms with E-state index in [9.17, 15) is 0 Å². The van der Waals surface area contributed by atoms with Crippen molar-refractivity contribution in [3.05, 3.63) is 33.8 Å². The fourth-order valence-corrected chi connectivity index (χ4v) is 4.59. The van der Waals surface area contributed by atoms with Gasteiger partial charge in [-0.2, -0.15) is 0 Å². The Morgan fingerprint density at radius 3 is 2.41 bits per heavy atom. The van der Waals surface area contributed by atoms with Crippen LogP contribution in [0.5, 0.6) is 0 Å². The molecular weight excluding hydrogens is 317 g/mol. The normalized spacial score (nSPS) is 35.7. The van der Waals surface area contributed by atoms with Crippen LogP contribution in [0.1, 0.15) is 44.6 Å². The summed E-state index contributed by atoms with van der Waals surface area (Å²) in [4.78, 5) is 0. The van der Waals surface area contributed by atoms with Crippen LogP contribution in [-0.2, 0) is 10.2 Å². The van der Waals surface area contributed by atoms with Gasteiger partial charge < -0.3 is 10.1 Å². The first kappa shape index (κ1) is 16.6. The predicted molar refractivity (Wildman–Crippen MR) is 93.0 cm³/mol. The number of hydrogen-bond acceptors (Lipinski definition) is 2. The molecule has 2 fully saturated rings. The van der Waals surface area contributed by atoms with Crippen molar-refractivity contribution in [3.8, 4) is 0 Å². The number of ether oxygens (including phenoxy) is 1. The molecule has 1 aromatic carbocycles. The van der Waals surface area contributed by atoms with Crippen molar-refractivity contribution in [1.82, 2.24) is 5.32 Å². The smallest absolute Gasteiger partial charge is 0.0651 e. The van der Waals surface area contributed by atoms with Gasteiger partial charge in [-0.15, -0.1) is 0 Å². The number of nitrogens with one attached hydrogen (secondary N) is 1. The number of rotatable bonds is 3. The van der Waals surface area contributed by atoms with E-state index in [0.29, 0.717) is 16.0 Å². The number of methoxy groups -OCH3 is 1. The molecule has 2 nitrogen and oxygen atoms in total. The summed E-state index contributed by atoms with van der Waals surface area (Å²) in [6.07, 6.45) is 5.74. The molecule has 122 valence electrons. The highest BCUT2D eigenvalue weighted by atomic mass is 35.5. The second kappa shape index (κ2) is 6.32. The summed E-state index contributed by atoms with van der Waals surface area (Å²) in [5, 5.41) is 4.85. The van der Waals surface area contributed by atoms with Gasteiger partial charge in [0.2, 0.25) is 0 Å². The highest BCUT2D eigenvalue weighted by Crippen LogP contribution is 2.51. The number of hydrogen-bond donors (Lipinski definition) is 1. The van der Waals surface area contributed by atoms with Gasteiger partial charge in [-0.3, -0.25) is 0 Å². The first-order chi connectivity index (χ1) is 10.5. The van der Waals surface area contributed by atoms with E-state index < -0.39 is 0 Å². The summed E-state index contributed by atoms with van der Waals surface area (Å²) in [6.45, 7) is 4.46. The summed E-state index contributed by atoms with van der Waals surface area (Å²) in [7, 11) is 1.84. The maximum atomic E-state index is 6.31. The molecule has 1 aromatic rings.